The molecule has 2 unspecified atom stereocenters. The number of hydrogen-bond acceptors (Lipinski definition) is 3. The normalized spacial score (nSPS) is 27.7. The van der Waals surface area contributed by atoms with Gasteiger partial charge < -0.3 is 15.8 Å². The van der Waals surface area contributed by atoms with Gasteiger partial charge in [0.15, 0.2) is 0 Å². The molecule has 15 heavy (non-hydrogen) atoms. The molecule has 1 saturated carbocycles. The number of hydrogen-bond donors (Lipinski definition) is 2. The molecule has 1 aliphatic rings. The molecule has 4 nitrogen and oxygen atoms in total. The third-order valence-electron chi connectivity index (χ3n) is 3.14. The highest BCUT2D eigenvalue weighted by atomic mass is 16.5. The monoisotopic (exact) mass is 214 g/mol. The summed E-state index contributed by atoms with van der Waals surface area (Å²) in [5.41, 5.74) is 4.70. The van der Waals surface area contributed by atoms with Crippen LogP contribution in [-0.2, 0) is 9.53 Å². The van der Waals surface area contributed by atoms with Gasteiger partial charge in [-0.15, -0.1) is 0 Å². The van der Waals surface area contributed by atoms with Crippen LogP contribution in [0.3, 0.4) is 0 Å². The second-order valence-corrected chi connectivity index (χ2v) is 4.85. The van der Waals surface area contributed by atoms with Crippen molar-refractivity contribution in [2.24, 2.45) is 5.73 Å². The number of nitrogens with one attached hydrogen (secondary N) is 1. The van der Waals surface area contributed by atoms with Crippen LogP contribution in [0.5, 0.6) is 0 Å². The highest BCUT2D eigenvalue weighted by Gasteiger charge is 2.30. The van der Waals surface area contributed by atoms with E-state index in [2.05, 4.69) is 5.32 Å². The molecule has 1 amide bonds. The molecule has 2 atom stereocenters. The van der Waals surface area contributed by atoms with Crippen LogP contribution >= 0.6 is 0 Å². The van der Waals surface area contributed by atoms with Crippen molar-refractivity contribution in [2.45, 2.75) is 57.2 Å². The van der Waals surface area contributed by atoms with Crippen molar-refractivity contribution in [3.8, 4) is 0 Å². The fourth-order valence-electron chi connectivity index (χ4n) is 2.07. The highest BCUT2D eigenvalue weighted by molar-refractivity contribution is 5.83. The van der Waals surface area contributed by atoms with Crippen molar-refractivity contribution in [1.29, 1.82) is 0 Å². The van der Waals surface area contributed by atoms with Crippen LogP contribution in [0.2, 0.25) is 0 Å². The number of ether oxygens (including phenoxy) is 1. The van der Waals surface area contributed by atoms with Gasteiger partial charge in [-0.1, -0.05) is 0 Å². The summed E-state index contributed by atoms with van der Waals surface area (Å²) in [4.78, 5) is 11.2. The second kappa shape index (κ2) is 4.94. The second-order valence-electron chi connectivity index (χ2n) is 4.85. The first-order chi connectivity index (χ1) is 6.95. The third-order valence-corrected chi connectivity index (χ3v) is 3.14. The summed E-state index contributed by atoms with van der Waals surface area (Å²) in [5, 5.41) is 3.30. The number of methoxy groups -OCH3 is 1. The van der Waals surface area contributed by atoms with Gasteiger partial charge in [0.1, 0.15) is 0 Å². The zero-order valence-electron chi connectivity index (χ0n) is 9.88. The minimum absolute atomic E-state index is 0.304. The summed E-state index contributed by atoms with van der Waals surface area (Å²) >= 11 is 0. The molecule has 1 fully saturated rings. The van der Waals surface area contributed by atoms with Crippen LogP contribution in [0, 0.1) is 0 Å². The molecular formula is C11H22N2O2. The van der Waals surface area contributed by atoms with Crippen LogP contribution in [0.1, 0.15) is 39.5 Å². The Morgan fingerprint density at radius 1 is 1.47 bits per heavy atom. The third kappa shape index (κ3) is 3.47. The number of primary amides is 1. The predicted molar refractivity (Wildman–Crippen MR) is 59.5 cm³/mol. The quantitative estimate of drug-likeness (QED) is 0.727. The fraction of sp³-hybridized carbons (Fsp3) is 0.909. The van der Waals surface area contributed by atoms with E-state index >= 15 is 0 Å². The van der Waals surface area contributed by atoms with Crippen molar-refractivity contribution < 1.29 is 9.53 Å². The SMILES string of the molecule is COC1CCCC(NC(C)(C)C(N)=O)C1. The van der Waals surface area contributed by atoms with E-state index < -0.39 is 5.54 Å². The molecule has 1 rings (SSSR count). The van der Waals surface area contributed by atoms with E-state index in [0.717, 1.165) is 25.7 Å². The van der Waals surface area contributed by atoms with E-state index in [1.165, 1.54) is 0 Å². The molecule has 88 valence electrons. The summed E-state index contributed by atoms with van der Waals surface area (Å²) in [6.07, 6.45) is 4.64. The van der Waals surface area contributed by atoms with Crippen LogP contribution in [0.4, 0.5) is 0 Å². The molecule has 3 N–H and O–H groups in total. The predicted octanol–water partition coefficient (Wildman–Crippen LogP) is 0.797. The average Bonchev–Trinajstić information content (AvgIpc) is 2.17. The lowest BCUT2D eigenvalue weighted by Gasteiger charge is -2.34. The lowest BCUT2D eigenvalue weighted by atomic mass is 9.90. The minimum atomic E-state index is -0.625. The maximum atomic E-state index is 11.2. The van der Waals surface area contributed by atoms with Gasteiger partial charge in [0, 0.05) is 13.2 Å². The first-order valence-electron chi connectivity index (χ1n) is 5.56. The van der Waals surface area contributed by atoms with Crippen molar-refractivity contribution in [1.82, 2.24) is 5.32 Å². The Morgan fingerprint density at radius 3 is 2.67 bits per heavy atom. The molecule has 0 aromatic rings. The first kappa shape index (κ1) is 12.5. The minimum Gasteiger partial charge on any atom is -0.381 e. The molecule has 1 aliphatic carbocycles. The summed E-state index contributed by atoms with van der Waals surface area (Å²) in [6, 6.07) is 0.339. The molecule has 0 saturated heterocycles. The first-order valence-corrected chi connectivity index (χ1v) is 5.56. The Balaban J connectivity index is 2.47. The fourth-order valence-corrected chi connectivity index (χ4v) is 2.07. The van der Waals surface area contributed by atoms with Gasteiger partial charge in [-0.3, -0.25) is 4.79 Å². The molecular weight excluding hydrogens is 192 g/mol. The lowest BCUT2D eigenvalue weighted by molar-refractivity contribution is -0.123. The van der Waals surface area contributed by atoms with Gasteiger partial charge in [-0.2, -0.15) is 0 Å². The molecule has 0 aromatic heterocycles. The maximum absolute atomic E-state index is 11.2. The van der Waals surface area contributed by atoms with Crippen LogP contribution in [0.25, 0.3) is 0 Å². The smallest absolute Gasteiger partial charge is 0.237 e. The Kier molecular flexibility index (Phi) is 4.11. The van der Waals surface area contributed by atoms with Crippen LogP contribution in [-0.4, -0.2) is 30.7 Å². The summed E-state index contributed by atoms with van der Waals surface area (Å²) in [7, 11) is 1.74. The van der Waals surface area contributed by atoms with Crippen molar-refractivity contribution in [2.75, 3.05) is 7.11 Å². The lowest BCUT2D eigenvalue weighted by Crippen LogP contribution is -2.55. The van der Waals surface area contributed by atoms with Gasteiger partial charge in [0.05, 0.1) is 11.6 Å². The molecule has 0 bridgehead atoms. The standard InChI is InChI=1S/C11H22N2O2/c1-11(2,10(12)14)13-8-5-4-6-9(7-8)15-3/h8-9,13H,4-7H2,1-3H3,(H2,12,14). The van der Waals surface area contributed by atoms with Gasteiger partial charge in [0.2, 0.25) is 5.91 Å². The summed E-state index contributed by atoms with van der Waals surface area (Å²) in [5.74, 6) is -0.304. The van der Waals surface area contributed by atoms with Crippen molar-refractivity contribution >= 4 is 5.91 Å². The van der Waals surface area contributed by atoms with E-state index in [-0.39, 0.29) is 5.91 Å². The Bertz CT molecular complexity index is 229. The van der Waals surface area contributed by atoms with Gasteiger partial charge in [0.25, 0.3) is 0 Å². The number of amides is 1. The van der Waals surface area contributed by atoms with Crippen LogP contribution in [0.15, 0.2) is 0 Å². The number of carbonyl (C=O) groups excluding carboxylic acids is 1. The van der Waals surface area contributed by atoms with E-state index in [9.17, 15) is 4.79 Å². The van der Waals surface area contributed by atoms with E-state index in [4.69, 9.17) is 10.5 Å². The topological polar surface area (TPSA) is 64.3 Å². The van der Waals surface area contributed by atoms with E-state index in [0.29, 0.717) is 12.1 Å². The molecule has 0 aliphatic heterocycles. The van der Waals surface area contributed by atoms with Gasteiger partial charge in [-0.25, -0.2) is 0 Å². The van der Waals surface area contributed by atoms with E-state index in [1.54, 1.807) is 7.11 Å². The summed E-state index contributed by atoms with van der Waals surface area (Å²) in [6.45, 7) is 3.65. The molecule has 0 heterocycles. The number of rotatable bonds is 4. The Morgan fingerprint density at radius 2 is 2.13 bits per heavy atom. The highest BCUT2D eigenvalue weighted by Crippen LogP contribution is 2.22. The van der Waals surface area contributed by atoms with Crippen molar-refractivity contribution in [3.63, 3.8) is 0 Å². The zero-order valence-corrected chi connectivity index (χ0v) is 9.88. The Hall–Kier alpha value is -0.610. The molecule has 0 radical (unpaired) electrons. The molecule has 0 spiro atoms. The van der Waals surface area contributed by atoms with Gasteiger partial charge >= 0.3 is 0 Å². The molecule has 4 heteroatoms. The zero-order chi connectivity index (χ0) is 11.5. The van der Waals surface area contributed by atoms with E-state index in [1.807, 2.05) is 13.8 Å². The number of carbonyl (C=O) groups is 1. The van der Waals surface area contributed by atoms with Crippen LogP contribution < -0.4 is 11.1 Å². The molecule has 0 aromatic carbocycles. The van der Waals surface area contributed by atoms with Gasteiger partial charge in [-0.05, 0) is 39.5 Å². The summed E-state index contributed by atoms with van der Waals surface area (Å²) < 4.78 is 5.34. The Labute approximate surface area is 91.5 Å². The largest absolute Gasteiger partial charge is 0.381 e. The van der Waals surface area contributed by atoms with Crippen molar-refractivity contribution in [3.05, 3.63) is 0 Å². The maximum Gasteiger partial charge on any atom is 0.237 e. The number of nitrogens with two attached hydrogens (primary N) is 1. The average molecular weight is 214 g/mol.